The maximum absolute atomic E-state index is 11.5. The number of hydrogen-bond acceptors (Lipinski definition) is 2. The Kier molecular flexibility index (Phi) is 4.56. The third-order valence-electron chi connectivity index (χ3n) is 1.97. The molecule has 0 aliphatic heterocycles. The quantitative estimate of drug-likeness (QED) is 0.872. The molecule has 1 aromatic carbocycles. The number of carbonyl (C=O) groups is 1. The van der Waals surface area contributed by atoms with Gasteiger partial charge in [0.05, 0.1) is 6.07 Å². The summed E-state index contributed by atoms with van der Waals surface area (Å²) < 4.78 is 1.05. The first-order valence-electron chi connectivity index (χ1n) is 4.63. The van der Waals surface area contributed by atoms with Gasteiger partial charge in [0, 0.05) is 9.26 Å². The number of hydrogen-bond donors (Lipinski definition) is 1. The summed E-state index contributed by atoms with van der Waals surface area (Å²) in [6.07, 6.45) is 0.534. The van der Waals surface area contributed by atoms with Gasteiger partial charge in [-0.3, -0.25) is 4.79 Å². The van der Waals surface area contributed by atoms with Crippen molar-refractivity contribution in [1.29, 1.82) is 5.26 Å². The smallest absolute Gasteiger partial charge is 0.241 e. The fraction of sp³-hybridized carbons (Fsp3) is 0.273. The molecule has 0 saturated heterocycles. The zero-order valence-electron chi connectivity index (χ0n) is 8.33. The molecule has 1 N–H and O–H groups in total. The minimum atomic E-state index is -0.567. The summed E-state index contributed by atoms with van der Waals surface area (Å²) in [5, 5.41) is 11.4. The maximum Gasteiger partial charge on any atom is 0.241 e. The van der Waals surface area contributed by atoms with Crippen molar-refractivity contribution in [1.82, 2.24) is 0 Å². The Hall–Kier alpha value is -1.09. The molecule has 0 spiro atoms. The molecule has 1 aromatic rings. The molecule has 0 radical (unpaired) electrons. The highest BCUT2D eigenvalue weighted by atomic mass is 127. The molecule has 0 aliphatic rings. The van der Waals surface area contributed by atoms with Gasteiger partial charge < -0.3 is 5.32 Å². The van der Waals surface area contributed by atoms with Gasteiger partial charge in [-0.2, -0.15) is 5.26 Å². The van der Waals surface area contributed by atoms with Gasteiger partial charge in [0.15, 0.2) is 0 Å². The minimum absolute atomic E-state index is 0.234. The Morgan fingerprint density at radius 3 is 2.93 bits per heavy atom. The molecule has 0 saturated carbocycles. The lowest BCUT2D eigenvalue weighted by atomic mass is 10.1. The van der Waals surface area contributed by atoms with Crippen molar-refractivity contribution < 1.29 is 4.79 Å². The van der Waals surface area contributed by atoms with E-state index in [0.29, 0.717) is 6.42 Å². The summed E-state index contributed by atoms with van der Waals surface area (Å²) in [6.45, 7) is 1.82. The highest BCUT2D eigenvalue weighted by molar-refractivity contribution is 14.1. The zero-order valence-corrected chi connectivity index (χ0v) is 10.5. The maximum atomic E-state index is 11.5. The van der Waals surface area contributed by atoms with Crippen molar-refractivity contribution in [2.45, 2.75) is 13.3 Å². The van der Waals surface area contributed by atoms with E-state index in [9.17, 15) is 4.79 Å². The first kappa shape index (κ1) is 12.0. The van der Waals surface area contributed by atoms with E-state index in [0.717, 1.165) is 9.26 Å². The largest absolute Gasteiger partial charge is 0.325 e. The van der Waals surface area contributed by atoms with Gasteiger partial charge in [0.1, 0.15) is 5.92 Å². The Balaban J connectivity index is 2.71. The number of nitrogens with zero attached hydrogens (tertiary/aromatic N) is 1. The molecule has 78 valence electrons. The molecule has 0 bridgehead atoms. The van der Waals surface area contributed by atoms with Crippen LogP contribution in [0, 0.1) is 20.8 Å². The fourth-order valence-corrected chi connectivity index (χ4v) is 1.67. The third kappa shape index (κ3) is 3.51. The molecule has 1 atom stereocenters. The molecule has 0 heterocycles. The summed E-state index contributed by atoms with van der Waals surface area (Å²) in [7, 11) is 0. The molecule has 4 heteroatoms. The van der Waals surface area contributed by atoms with E-state index >= 15 is 0 Å². The molecule has 0 aliphatic carbocycles. The van der Waals surface area contributed by atoms with Crippen molar-refractivity contribution >= 4 is 34.2 Å². The van der Waals surface area contributed by atoms with Gasteiger partial charge in [-0.15, -0.1) is 0 Å². The monoisotopic (exact) mass is 314 g/mol. The first-order valence-corrected chi connectivity index (χ1v) is 5.71. The molecule has 0 aromatic heterocycles. The van der Waals surface area contributed by atoms with Crippen LogP contribution in [0.5, 0.6) is 0 Å². The van der Waals surface area contributed by atoms with Crippen LogP contribution in [-0.2, 0) is 4.79 Å². The number of halogens is 1. The zero-order chi connectivity index (χ0) is 11.3. The molecule has 3 nitrogen and oxygen atoms in total. The van der Waals surface area contributed by atoms with Crippen molar-refractivity contribution in [3.63, 3.8) is 0 Å². The van der Waals surface area contributed by atoms with Crippen LogP contribution in [0.3, 0.4) is 0 Å². The summed E-state index contributed by atoms with van der Waals surface area (Å²) >= 11 is 2.17. The van der Waals surface area contributed by atoms with Crippen LogP contribution in [0.1, 0.15) is 13.3 Å². The number of nitriles is 1. The highest BCUT2D eigenvalue weighted by Crippen LogP contribution is 2.14. The first-order chi connectivity index (χ1) is 7.17. The summed E-state index contributed by atoms with van der Waals surface area (Å²) in [5.74, 6) is -0.801. The number of amides is 1. The van der Waals surface area contributed by atoms with Crippen molar-refractivity contribution in [2.24, 2.45) is 5.92 Å². The highest BCUT2D eigenvalue weighted by Gasteiger charge is 2.15. The number of nitrogens with one attached hydrogen (secondary N) is 1. The van der Waals surface area contributed by atoms with Crippen LogP contribution in [0.2, 0.25) is 0 Å². The van der Waals surface area contributed by atoms with Crippen LogP contribution >= 0.6 is 22.6 Å². The molecule has 1 amide bonds. The second-order valence-electron chi connectivity index (χ2n) is 3.09. The molecule has 15 heavy (non-hydrogen) atoms. The number of benzene rings is 1. The van der Waals surface area contributed by atoms with Crippen LogP contribution in [0.15, 0.2) is 24.3 Å². The average Bonchev–Trinajstić information content (AvgIpc) is 2.19. The van der Waals surface area contributed by atoms with Gasteiger partial charge in [0.25, 0.3) is 0 Å². The Labute approximate surface area is 103 Å². The lowest BCUT2D eigenvalue weighted by Gasteiger charge is -2.08. The van der Waals surface area contributed by atoms with Crippen LogP contribution in [0.25, 0.3) is 0 Å². The van der Waals surface area contributed by atoms with E-state index in [2.05, 4.69) is 27.9 Å². The van der Waals surface area contributed by atoms with Crippen molar-refractivity contribution in [3.05, 3.63) is 27.8 Å². The van der Waals surface area contributed by atoms with Gasteiger partial charge in [-0.25, -0.2) is 0 Å². The number of carbonyl (C=O) groups excluding carboxylic acids is 1. The van der Waals surface area contributed by atoms with Crippen LogP contribution in [0.4, 0.5) is 5.69 Å². The lowest BCUT2D eigenvalue weighted by molar-refractivity contribution is -0.118. The summed E-state index contributed by atoms with van der Waals surface area (Å²) in [5.41, 5.74) is 0.737. The third-order valence-corrected chi connectivity index (χ3v) is 2.64. The number of anilines is 1. The van der Waals surface area contributed by atoms with Gasteiger partial charge in [-0.1, -0.05) is 13.0 Å². The van der Waals surface area contributed by atoms with Gasteiger partial charge in [-0.05, 0) is 47.2 Å². The van der Waals surface area contributed by atoms with E-state index in [-0.39, 0.29) is 5.91 Å². The average molecular weight is 314 g/mol. The molecule has 1 rings (SSSR count). The summed E-state index contributed by atoms with van der Waals surface area (Å²) in [4.78, 5) is 11.5. The second-order valence-corrected chi connectivity index (χ2v) is 4.34. The van der Waals surface area contributed by atoms with Crippen molar-refractivity contribution in [3.8, 4) is 6.07 Å². The van der Waals surface area contributed by atoms with Crippen LogP contribution in [-0.4, -0.2) is 5.91 Å². The Morgan fingerprint density at radius 1 is 1.67 bits per heavy atom. The SMILES string of the molecule is CCC(C#N)C(=O)Nc1cccc(I)c1. The van der Waals surface area contributed by atoms with E-state index in [1.54, 1.807) is 0 Å². The van der Waals surface area contributed by atoms with Gasteiger partial charge in [0.2, 0.25) is 5.91 Å². The molecular formula is C11H11IN2O. The van der Waals surface area contributed by atoms with Crippen molar-refractivity contribution in [2.75, 3.05) is 5.32 Å². The Bertz CT molecular complexity index is 398. The molecule has 0 fully saturated rings. The topological polar surface area (TPSA) is 52.9 Å². The minimum Gasteiger partial charge on any atom is -0.325 e. The predicted molar refractivity (Wildman–Crippen MR) is 67.2 cm³/mol. The number of rotatable bonds is 3. The lowest BCUT2D eigenvalue weighted by Crippen LogP contribution is -2.20. The van der Waals surface area contributed by atoms with E-state index < -0.39 is 5.92 Å². The van der Waals surface area contributed by atoms with E-state index in [4.69, 9.17) is 5.26 Å². The summed E-state index contributed by atoms with van der Waals surface area (Å²) in [6, 6.07) is 9.45. The Morgan fingerprint density at radius 2 is 2.40 bits per heavy atom. The van der Waals surface area contributed by atoms with E-state index in [1.807, 2.05) is 37.3 Å². The van der Waals surface area contributed by atoms with Crippen LogP contribution < -0.4 is 5.32 Å². The van der Waals surface area contributed by atoms with Gasteiger partial charge >= 0.3 is 0 Å². The molecular weight excluding hydrogens is 303 g/mol. The standard InChI is InChI=1S/C11H11IN2O/c1-2-8(7-13)11(15)14-10-5-3-4-9(12)6-10/h3-6,8H,2H2,1H3,(H,14,15). The van der Waals surface area contributed by atoms with E-state index in [1.165, 1.54) is 0 Å². The fourth-order valence-electron chi connectivity index (χ4n) is 1.13. The second kappa shape index (κ2) is 5.71. The predicted octanol–water partition coefficient (Wildman–Crippen LogP) is 2.78. The molecule has 1 unspecified atom stereocenters. The normalized spacial score (nSPS) is 11.5.